The molecule has 1 saturated heterocycles. The third-order valence-corrected chi connectivity index (χ3v) is 1.64. The summed E-state index contributed by atoms with van der Waals surface area (Å²) >= 11 is 0. The third kappa shape index (κ3) is 2.69. The average molecular weight is 161 g/mol. The molecular formula is C5H9N2O4-. The molecule has 1 aliphatic rings. The van der Waals surface area contributed by atoms with Gasteiger partial charge in [0.15, 0.2) is 0 Å². The predicted molar refractivity (Wildman–Crippen MR) is 36.0 cm³/mol. The lowest BCUT2D eigenvalue weighted by Crippen LogP contribution is -2.34. The lowest BCUT2D eigenvalue weighted by Gasteiger charge is -2.35. The van der Waals surface area contributed by atoms with Gasteiger partial charge in [-0.1, -0.05) is 0 Å². The maximum Gasteiger partial charge on any atom is 0.294 e. The van der Waals surface area contributed by atoms with Crippen LogP contribution in [-0.2, 0) is 4.84 Å². The molecule has 0 N–H and O–H groups in total. The number of hydrogen-bond acceptors (Lipinski definition) is 5. The van der Waals surface area contributed by atoms with Gasteiger partial charge in [0.2, 0.25) is 0 Å². The zero-order valence-electron chi connectivity index (χ0n) is 5.93. The number of hydroxylamine groups is 2. The summed E-state index contributed by atoms with van der Waals surface area (Å²) in [5.41, 5.74) is 0. The van der Waals surface area contributed by atoms with Crippen molar-refractivity contribution in [2.75, 3.05) is 13.1 Å². The summed E-state index contributed by atoms with van der Waals surface area (Å²) in [7, 11) is 0. The van der Waals surface area contributed by atoms with Gasteiger partial charge in [0, 0.05) is 0 Å². The molecule has 1 fully saturated rings. The van der Waals surface area contributed by atoms with E-state index in [0.29, 0.717) is 25.9 Å². The SMILES string of the molecule is O=[N+]([O-])OC1CCN([O-])CC1. The smallest absolute Gasteiger partial charge is 0.294 e. The Morgan fingerprint density at radius 2 is 2.00 bits per heavy atom. The monoisotopic (exact) mass is 161 g/mol. The van der Waals surface area contributed by atoms with E-state index in [9.17, 15) is 15.3 Å². The second-order valence-corrected chi connectivity index (χ2v) is 2.46. The Hall–Kier alpha value is -0.880. The van der Waals surface area contributed by atoms with E-state index in [-0.39, 0.29) is 6.10 Å². The fourth-order valence-electron chi connectivity index (χ4n) is 1.06. The van der Waals surface area contributed by atoms with Gasteiger partial charge in [-0.05, 0) is 25.9 Å². The summed E-state index contributed by atoms with van der Waals surface area (Å²) in [5, 5.41) is 20.5. The van der Waals surface area contributed by atoms with Crippen molar-refractivity contribution in [2.45, 2.75) is 18.9 Å². The Morgan fingerprint density at radius 1 is 1.45 bits per heavy atom. The second kappa shape index (κ2) is 3.49. The number of rotatable bonds is 2. The summed E-state index contributed by atoms with van der Waals surface area (Å²) in [6, 6.07) is 0. The van der Waals surface area contributed by atoms with E-state index in [1.54, 1.807) is 0 Å². The maximum atomic E-state index is 10.6. The Labute approximate surface area is 63.4 Å². The second-order valence-electron chi connectivity index (χ2n) is 2.46. The van der Waals surface area contributed by atoms with Crippen LogP contribution in [0.1, 0.15) is 12.8 Å². The van der Waals surface area contributed by atoms with E-state index in [1.807, 2.05) is 0 Å². The first-order valence-corrected chi connectivity index (χ1v) is 3.41. The highest BCUT2D eigenvalue weighted by Crippen LogP contribution is 2.11. The van der Waals surface area contributed by atoms with Crippen LogP contribution in [0.3, 0.4) is 0 Å². The van der Waals surface area contributed by atoms with Crippen LogP contribution in [0, 0.1) is 15.3 Å². The van der Waals surface area contributed by atoms with E-state index in [4.69, 9.17) is 0 Å². The van der Waals surface area contributed by atoms with Gasteiger partial charge in [-0.3, -0.25) is 0 Å². The van der Waals surface area contributed by atoms with E-state index >= 15 is 0 Å². The molecule has 0 aliphatic carbocycles. The lowest BCUT2D eigenvalue weighted by molar-refractivity contribution is -0.769. The minimum atomic E-state index is -0.800. The number of piperidine rings is 1. The molecule has 0 atom stereocenters. The highest BCUT2D eigenvalue weighted by molar-refractivity contribution is 4.71. The van der Waals surface area contributed by atoms with Crippen molar-refractivity contribution in [3.8, 4) is 0 Å². The van der Waals surface area contributed by atoms with Crippen molar-refractivity contribution in [3.05, 3.63) is 15.3 Å². The van der Waals surface area contributed by atoms with Crippen LogP contribution < -0.4 is 0 Å². The molecule has 0 spiro atoms. The molecule has 1 heterocycles. The van der Waals surface area contributed by atoms with Crippen molar-refractivity contribution in [2.24, 2.45) is 0 Å². The van der Waals surface area contributed by atoms with Crippen LogP contribution >= 0.6 is 0 Å². The van der Waals surface area contributed by atoms with Gasteiger partial charge in [0.25, 0.3) is 5.09 Å². The molecule has 0 aromatic carbocycles. The van der Waals surface area contributed by atoms with Crippen LogP contribution in [-0.4, -0.2) is 29.3 Å². The number of hydrogen-bond donors (Lipinski definition) is 0. The van der Waals surface area contributed by atoms with Crippen LogP contribution in [0.5, 0.6) is 0 Å². The average Bonchev–Trinajstić information content (AvgIpc) is 1.93. The fourth-order valence-corrected chi connectivity index (χ4v) is 1.06. The Balaban J connectivity index is 2.22. The van der Waals surface area contributed by atoms with Crippen molar-refractivity contribution < 1.29 is 9.92 Å². The van der Waals surface area contributed by atoms with E-state index in [0.717, 1.165) is 5.06 Å². The van der Waals surface area contributed by atoms with Crippen LogP contribution in [0.4, 0.5) is 0 Å². The van der Waals surface area contributed by atoms with Gasteiger partial charge in [0.05, 0.1) is 0 Å². The normalized spacial score (nSPS) is 21.5. The molecule has 11 heavy (non-hydrogen) atoms. The molecule has 0 amide bonds. The summed E-state index contributed by atoms with van der Waals surface area (Å²) in [5.74, 6) is 0. The largest absolute Gasteiger partial charge is 0.785 e. The first-order valence-electron chi connectivity index (χ1n) is 3.41. The van der Waals surface area contributed by atoms with Gasteiger partial charge < -0.3 is 15.1 Å². The van der Waals surface area contributed by atoms with Gasteiger partial charge in [-0.15, -0.1) is 10.1 Å². The van der Waals surface area contributed by atoms with Crippen LogP contribution in [0.2, 0.25) is 0 Å². The van der Waals surface area contributed by atoms with Crippen LogP contribution in [0.15, 0.2) is 0 Å². The molecule has 0 aromatic heterocycles. The molecule has 1 rings (SSSR count). The summed E-state index contributed by atoms with van der Waals surface area (Å²) in [6.07, 6.45) is 0.518. The summed E-state index contributed by atoms with van der Waals surface area (Å²) < 4.78 is 0. The molecule has 1 aliphatic heterocycles. The molecule has 0 radical (unpaired) electrons. The lowest BCUT2D eigenvalue weighted by atomic mass is 10.1. The van der Waals surface area contributed by atoms with Crippen LogP contribution in [0.25, 0.3) is 0 Å². The molecular weight excluding hydrogens is 152 g/mol. The van der Waals surface area contributed by atoms with Gasteiger partial charge in [-0.25, -0.2) is 0 Å². The highest BCUT2D eigenvalue weighted by Gasteiger charge is 2.17. The number of nitrogens with zero attached hydrogens (tertiary/aromatic N) is 2. The molecule has 0 bridgehead atoms. The molecule has 0 aromatic rings. The van der Waals surface area contributed by atoms with E-state index in [1.165, 1.54) is 0 Å². The fraction of sp³-hybridized carbons (Fsp3) is 1.00. The van der Waals surface area contributed by atoms with Gasteiger partial charge >= 0.3 is 0 Å². The molecule has 6 heteroatoms. The first-order chi connectivity index (χ1) is 5.18. The standard InChI is InChI=1S/C5H9N2O4/c8-6-3-1-5(2-4-6)11-7(9)10/h5H,1-4H2/q-1. The Bertz CT molecular complexity index is 143. The van der Waals surface area contributed by atoms with Crippen molar-refractivity contribution in [1.82, 2.24) is 5.06 Å². The van der Waals surface area contributed by atoms with Crippen molar-refractivity contribution in [3.63, 3.8) is 0 Å². The third-order valence-electron chi connectivity index (χ3n) is 1.64. The zero-order valence-corrected chi connectivity index (χ0v) is 5.93. The quantitative estimate of drug-likeness (QED) is 0.425. The summed E-state index contributed by atoms with van der Waals surface area (Å²) in [6.45, 7) is 0.664. The topological polar surface area (TPSA) is 78.7 Å². The van der Waals surface area contributed by atoms with Gasteiger partial charge in [-0.2, -0.15) is 0 Å². The molecule has 0 saturated carbocycles. The highest BCUT2D eigenvalue weighted by atomic mass is 17.0. The molecule has 0 unspecified atom stereocenters. The minimum absolute atomic E-state index is 0.332. The van der Waals surface area contributed by atoms with E-state index < -0.39 is 5.09 Å². The predicted octanol–water partition coefficient (Wildman–Crippen LogP) is 0.157. The van der Waals surface area contributed by atoms with Crippen molar-refractivity contribution in [1.29, 1.82) is 0 Å². The molecule has 64 valence electrons. The zero-order chi connectivity index (χ0) is 8.27. The molecule has 6 nitrogen and oxygen atoms in total. The Morgan fingerprint density at radius 3 is 2.45 bits per heavy atom. The maximum absolute atomic E-state index is 10.6. The summed E-state index contributed by atoms with van der Waals surface area (Å²) in [4.78, 5) is 14.1. The van der Waals surface area contributed by atoms with Crippen molar-refractivity contribution >= 4 is 0 Å². The first kappa shape index (κ1) is 8.22. The minimum Gasteiger partial charge on any atom is -0.785 e. The van der Waals surface area contributed by atoms with E-state index in [2.05, 4.69) is 4.84 Å². The Kier molecular flexibility index (Phi) is 2.61. The van der Waals surface area contributed by atoms with Gasteiger partial charge in [0.1, 0.15) is 6.10 Å².